The number of nitrogens with zero attached hydrogens (tertiary/aromatic N) is 2. The van der Waals surface area contributed by atoms with E-state index < -0.39 is 0 Å². The zero-order valence-electron chi connectivity index (χ0n) is 28.8. The van der Waals surface area contributed by atoms with Gasteiger partial charge in [0.15, 0.2) is 0 Å². The van der Waals surface area contributed by atoms with E-state index in [0.717, 1.165) is 38.8 Å². The van der Waals surface area contributed by atoms with Gasteiger partial charge in [-0.15, -0.1) is 0 Å². The van der Waals surface area contributed by atoms with Gasteiger partial charge in [0, 0.05) is 49.3 Å². The Bertz CT molecular complexity index is 2270. The van der Waals surface area contributed by atoms with E-state index in [1.807, 2.05) is 0 Å². The van der Waals surface area contributed by atoms with Gasteiger partial charge in [-0.3, -0.25) is 0 Å². The first kappa shape index (κ1) is 33.1. The monoisotopic (exact) mass is 746 g/mol. The van der Waals surface area contributed by atoms with Gasteiger partial charge in [-0.05, 0) is 137 Å². The van der Waals surface area contributed by atoms with Gasteiger partial charge in [0.05, 0.1) is 11.1 Å². The Morgan fingerprint density at radius 1 is 0.404 bits per heavy atom. The molecule has 52 heavy (non-hydrogen) atoms. The molecule has 2 nitrogen and oxygen atoms in total. The van der Waals surface area contributed by atoms with Crippen LogP contribution in [0.3, 0.4) is 0 Å². The summed E-state index contributed by atoms with van der Waals surface area (Å²) in [5.74, 6) is 0. The molecule has 254 valence electrons. The summed E-state index contributed by atoms with van der Waals surface area (Å²) in [6.07, 6.45) is 22.6. The Balaban J connectivity index is 1.27. The number of rotatable bonds is 8. The normalized spacial score (nSPS) is 14.2. The van der Waals surface area contributed by atoms with Crippen molar-refractivity contribution in [3.63, 3.8) is 0 Å². The largest absolute Gasteiger partial charge is 0.214 e. The highest BCUT2D eigenvalue weighted by Gasteiger charge is 2.34. The first-order valence-corrected chi connectivity index (χ1v) is 21.6. The summed E-state index contributed by atoms with van der Waals surface area (Å²) in [5.41, 5.74) is 18.2. The lowest BCUT2D eigenvalue weighted by atomic mass is 9.88. The molecule has 0 saturated carbocycles. The van der Waals surface area contributed by atoms with Crippen LogP contribution in [0.5, 0.6) is 0 Å². The minimum Gasteiger partial charge on any atom is -0.192 e. The molecule has 6 heteroatoms. The number of aryl methyl sites for hydroxylation is 2. The molecule has 1 aromatic carbocycles. The summed E-state index contributed by atoms with van der Waals surface area (Å²) in [6.45, 7) is 1.96. The van der Waals surface area contributed by atoms with Gasteiger partial charge >= 0.3 is 0 Å². The second kappa shape index (κ2) is 15.1. The third-order valence-corrected chi connectivity index (χ3v) is 12.8. The predicted octanol–water partition coefficient (Wildman–Crippen LogP) is 12.4. The van der Waals surface area contributed by atoms with Gasteiger partial charge in [0.1, 0.15) is 13.1 Å². The summed E-state index contributed by atoms with van der Waals surface area (Å²) < 4.78 is 5.17. The lowest BCUT2D eigenvalue weighted by Gasteiger charge is -2.15. The van der Waals surface area contributed by atoms with Gasteiger partial charge in [0.25, 0.3) is 0 Å². The maximum absolute atomic E-state index is 2.59. The van der Waals surface area contributed by atoms with Crippen LogP contribution in [0.1, 0.15) is 68.7 Å². The van der Waals surface area contributed by atoms with E-state index >= 15 is 0 Å². The van der Waals surface area contributed by atoms with Crippen LogP contribution in [0.15, 0.2) is 104 Å². The van der Waals surface area contributed by atoms with E-state index in [9.17, 15) is 0 Å². The summed E-state index contributed by atoms with van der Waals surface area (Å²) in [6, 6.07) is 23.3. The summed E-state index contributed by atoms with van der Waals surface area (Å²) in [4.78, 5) is 0. The molecule has 0 unspecified atom stereocenters. The van der Waals surface area contributed by atoms with Crippen LogP contribution >= 0.6 is 45.3 Å². The van der Waals surface area contributed by atoms with Gasteiger partial charge in [-0.25, -0.2) is 0 Å². The number of fused-ring (bicyclic) bond motifs is 7. The van der Waals surface area contributed by atoms with Crippen molar-refractivity contribution in [2.45, 2.75) is 38.8 Å². The Labute approximate surface area is 322 Å². The quantitative estimate of drug-likeness (QED) is 0.137. The fourth-order valence-electron chi connectivity index (χ4n) is 7.49. The zero-order chi connectivity index (χ0) is 34.7. The molecule has 9 rings (SSSR count). The molecule has 0 N–H and O–H groups in total. The van der Waals surface area contributed by atoms with Crippen LogP contribution in [0.25, 0.3) is 71.1 Å². The molecule has 0 saturated heterocycles. The van der Waals surface area contributed by atoms with Crippen molar-refractivity contribution in [3.05, 3.63) is 160 Å². The molecular weight excluding hydrogens is 709 g/mol. The lowest BCUT2D eigenvalue weighted by Crippen LogP contribution is -2.40. The van der Waals surface area contributed by atoms with E-state index in [1.165, 1.54) is 78.4 Å². The second-order valence-electron chi connectivity index (χ2n) is 13.4. The molecule has 0 radical (unpaired) electrons. The van der Waals surface area contributed by atoms with Gasteiger partial charge in [-0.1, -0.05) is 36.4 Å². The number of hydrogen-bond acceptors (Lipinski definition) is 4. The highest BCUT2D eigenvalue weighted by Crippen LogP contribution is 2.40. The number of aromatic nitrogens is 2. The molecule has 0 atom stereocenters. The number of benzene rings is 1. The molecule has 0 aliphatic carbocycles. The van der Waals surface area contributed by atoms with Crippen LogP contribution in [-0.2, 0) is 25.9 Å². The molecule has 0 fully saturated rings. The number of hydrogen-bond donors (Lipinski definition) is 0. The Hall–Kier alpha value is -4.72. The van der Waals surface area contributed by atoms with Crippen molar-refractivity contribution in [3.8, 4) is 22.5 Å². The highest BCUT2D eigenvalue weighted by molar-refractivity contribution is 7.08. The van der Waals surface area contributed by atoms with Crippen molar-refractivity contribution in [1.29, 1.82) is 0 Å². The predicted molar refractivity (Wildman–Crippen MR) is 227 cm³/mol. The molecule has 0 amide bonds. The van der Waals surface area contributed by atoms with Crippen LogP contribution in [0.4, 0.5) is 0 Å². The number of pyridine rings is 2. The summed E-state index contributed by atoms with van der Waals surface area (Å²) in [7, 11) is 0. The molecule has 0 bridgehead atoms. The Kier molecular flexibility index (Phi) is 9.62. The summed E-state index contributed by atoms with van der Waals surface area (Å²) in [5, 5.41) is 17.5. The molecule has 7 aromatic rings. The minimum atomic E-state index is 0.981. The van der Waals surface area contributed by atoms with Crippen molar-refractivity contribution in [2.75, 3.05) is 0 Å². The van der Waals surface area contributed by atoms with Crippen LogP contribution < -0.4 is 9.13 Å². The highest BCUT2D eigenvalue weighted by atomic mass is 32.1. The molecule has 6 aromatic heterocycles. The maximum Gasteiger partial charge on any atom is 0.214 e. The smallest absolute Gasteiger partial charge is 0.192 e. The third kappa shape index (κ3) is 7.04. The van der Waals surface area contributed by atoms with Crippen LogP contribution in [0, 0.1) is 0 Å². The van der Waals surface area contributed by atoms with E-state index in [4.69, 9.17) is 0 Å². The van der Waals surface area contributed by atoms with E-state index in [1.54, 1.807) is 45.3 Å². The maximum atomic E-state index is 2.59. The average molecular weight is 747 g/mol. The topological polar surface area (TPSA) is 7.76 Å². The van der Waals surface area contributed by atoms with Crippen LogP contribution in [-0.4, -0.2) is 0 Å². The SMILES string of the molecule is C(=C\c1cc(/C=C/c2ccsc2)[n+]2c(c1)-c1c(ccc3c1-c1cc(/C=C/c4ccsc4)cc(/C=C/c4ccsc4)[n+]1CCC3)CCC2)/c1ccsc1. The number of thiophene rings is 4. The van der Waals surface area contributed by atoms with E-state index in [2.05, 4.69) is 161 Å². The molecule has 8 heterocycles. The Morgan fingerprint density at radius 2 is 0.769 bits per heavy atom. The van der Waals surface area contributed by atoms with Gasteiger partial charge in [-0.2, -0.15) is 54.5 Å². The molecule has 2 aliphatic rings. The first-order chi connectivity index (χ1) is 25.7. The summed E-state index contributed by atoms with van der Waals surface area (Å²) >= 11 is 6.98. The fourth-order valence-corrected chi connectivity index (χ4v) is 10.0. The first-order valence-electron chi connectivity index (χ1n) is 17.9. The lowest BCUT2D eigenvalue weighted by molar-refractivity contribution is -0.689. The van der Waals surface area contributed by atoms with Crippen molar-refractivity contribution in [2.24, 2.45) is 0 Å². The fraction of sp³-hybridized carbons (Fsp3) is 0.130. The third-order valence-electron chi connectivity index (χ3n) is 9.99. The standard InChI is InChI=1S/C46H38N2S4/c1-3-39-11-12-40-4-2-20-48-42(14-10-36-18-24-52-32-36)26-38(8-6-34-16-22-50-30-34)28-44(48)46(40)45(39)43-27-37(7-5-33-15-21-49-29-33)25-41(47(43)19-1)13-9-35-17-23-51-31-35/h5-18,21-32H,1-4,19-20H2/q+2/b7-5+,8-6+,13-9+,14-10+. The van der Waals surface area contributed by atoms with Gasteiger partial charge < -0.3 is 0 Å². The molecule has 0 spiro atoms. The average Bonchev–Trinajstić information content (AvgIpc) is 4.01. The zero-order valence-corrected chi connectivity index (χ0v) is 32.0. The van der Waals surface area contributed by atoms with Crippen LogP contribution in [0.2, 0.25) is 0 Å². The van der Waals surface area contributed by atoms with Gasteiger partial charge in [0.2, 0.25) is 22.8 Å². The van der Waals surface area contributed by atoms with E-state index in [0.29, 0.717) is 0 Å². The molecule has 2 aliphatic heterocycles. The minimum absolute atomic E-state index is 0.981. The van der Waals surface area contributed by atoms with E-state index in [-0.39, 0.29) is 0 Å². The Morgan fingerprint density at radius 3 is 1.13 bits per heavy atom. The molecular formula is C46H38N2S4+2. The van der Waals surface area contributed by atoms with Crippen molar-refractivity contribution >= 4 is 94.0 Å². The second-order valence-corrected chi connectivity index (χ2v) is 16.5. The van der Waals surface area contributed by atoms with Crippen molar-refractivity contribution < 1.29 is 9.13 Å². The van der Waals surface area contributed by atoms with Crippen molar-refractivity contribution in [1.82, 2.24) is 0 Å².